The summed E-state index contributed by atoms with van der Waals surface area (Å²) < 4.78 is 6.24. The Hall–Kier alpha value is -3.46. The van der Waals surface area contributed by atoms with Crippen molar-refractivity contribution < 1.29 is 19.1 Å². The highest BCUT2D eigenvalue weighted by atomic mass is 35.5. The van der Waals surface area contributed by atoms with Crippen molar-refractivity contribution in [2.45, 2.75) is 44.6 Å². The summed E-state index contributed by atoms with van der Waals surface area (Å²) in [6.45, 7) is 2.43. The van der Waals surface area contributed by atoms with E-state index in [9.17, 15) is 14.4 Å². The molecule has 0 bridgehead atoms. The number of hydrogen-bond donors (Lipinski definition) is 3. The average Bonchev–Trinajstić information content (AvgIpc) is 2.91. The highest BCUT2D eigenvalue weighted by Crippen LogP contribution is 2.30. The van der Waals surface area contributed by atoms with Crippen molar-refractivity contribution in [3.63, 3.8) is 0 Å². The van der Waals surface area contributed by atoms with Gasteiger partial charge in [-0.1, -0.05) is 36.2 Å². The van der Waals surface area contributed by atoms with Crippen LogP contribution in [0.3, 0.4) is 0 Å². The lowest BCUT2D eigenvalue weighted by molar-refractivity contribution is -0.121. The Kier molecular flexibility index (Phi) is 8.99. The third kappa shape index (κ3) is 6.89. The molecular weight excluding hydrogens is 527 g/mol. The fraction of sp³-hybridized carbons (Fsp3) is 0.286. The summed E-state index contributed by atoms with van der Waals surface area (Å²) in [5.74, 6) is 0.0203. The van der Waals surface area contributed by atoms with E-state index in [4.69, 9.17) is 33.7 Å². The van der Waals surface area contributed by atoms with Crippen molar-refractivity contribution in [1.29, 1.82) is 0 Å². The molecular formula is C28H28Cl2N4O4. The van der Waals surface area contributed by atoms with Crippen LogP contribution in [-0.2, 0) is 4.79 Å². The molecule has 0 saturated heterocycles. The molecule has 2 amide bonds. The minimum atomic E-state index is -0.506. The van der Waals surface area contributed by atoms with Crippen LogP contribution in [0, 0.1) is 0 Å². The monoisotopic (exact) mass is 554 g/mol. The molecule has 8 nitrogen and oxygen atoms in total. The number of aromatic nitrogens is 1. The minimum absolute atomic E-state index is 0.0652. The lowest BCUT2D eigenvalue weighted by Gasteiger charge is -2.24. The standard InChI is InChI=1S/C28H28Cl2N4O4/c1-16(14-31)17-2-9-22(25(12-17)38-21-7-5-20(35)6-8-21)27(36)33-24-10-3-18(29)13-23(24)28(37)34-26-11-4-19(30)15-32-26/h2-4,9-13,15-16,21H,5-8,14,31H2,1H3,(H,33,36)(H,32,34,37). The van der Waals surface area contributed by atoms with E-state index >= 15 is 0 Å². The first-order chi connectivity index (χ1) is 18.2. The molecule has 1 atom stereocenters. The van der Waals surface area contributed by atoms with Gasteiger partial charge in [0.25, 0.3) is 11.8 Å². The normalized spacial score (nSPS) is 14.6. The van der Waals surface area contributed by atoms with E-state index in [0.29, 0.717) is 59.4 Å². The molecule has 4 N–H and O–H groups in total. The van der Waals surface area contributed by atoms with Gasteiger partial charge in [0.15, 0.2) is 0 Å². The summed E-state index contributed by atoms with van der Waals surface area (Å²) in [5, 5.41) is 6.26. The summed E-state index contributed by atoms with van der Waals surface area (Å²) in [4.78, 5) is 42.3. The molecule has 1 saturated carbocycles. The lowest BCUT2D eigenvalue weighted by atomic mass is 9.96. The van der Waals surface area contributed by atoms with Crippen LogP contribution in [-0.4, -0.2) is 35.2 Å². The van der Waals surface area contributed by atoms with Gasteiger partial charge in [0.2, 0.25) is 0 Å². The molecule has 1 heterocycles. The maximum Gasteiger partial charge on any atom is 0.259 e. The largest absolute Gasteiger partial charge is 0.490 e. The number of hydrogen-bond acceptors (Lipinski definition) is 6. The van der Waals surface area contributed by atoms with Crippen molar-refractivity contribution in [3.8, 4) is 5.75 Å². The van der Waals surface area contributed by atoms with Crippen LogP contribution < -0.4 is 21.1 Å². The van der Waals surface area contributed by atoms with Gasteiger partial charge in [0.05, 0.1) is 27.9 Å². The number of anilines is 2. The predicted octanol–water partition coefficient (Wildman–Crippen LogP) is 5.85. The second-order valence-corrected chi connectivity index (χ2v) is 10.1. The Morgan fingerprint density at radius 1 is 1.00 bits per heavy atom. The van der Waals surface area contributed by atoms with Gasteiger partial charge in [-0.2, -0.15) is 0 Å². The second-order valence-electron chi connectivity index (χ2n) is 9.21. The molecule has 10 heteroatoms. The minimum Gasteiger partial charge on any atom is -0.490 e. The highest BCUT2D eigenvalue weighted by Gasteiger charge is 2.24. The number of pyridine rings is 1. The Morgan fingerprint density at radius 2 is 1.71 bits per heavy atom. The Bertz CT molecular complexity index is 1340. The number of amides is 2. The van der Waals surface area contributed by atoms with E-state index in [2.05, 4.69) is 15.6 Å². The number of rotatable bonds is 8. The van der Waals surface area contributed by atoms with E-state index in [1.807, 2.05) is 19.1 Å². The number of carbonyl (C=O) groups excluding carboxylic acids is 3. The van der Waals surface area contributed by atoms with Gasteiger partial charge in [-0.3, -0.25) is 14.4 Å². The number of nitrogens with zero attached hydrogens (tertiary/aromatic N) is 1. The summed E-state index contributed by atoms with van der Waals surface area (Å²) in [6, 6.07) is 13.1. The second kappa shape index (κ2) is 12.4. The van der Waals surface area contributed by atoms with E-state index in [-0.39, 0.29) is 29.1 Å². The van der Waals surface area contributed by atoms with Crippen LogP contribution in [0.4, 0.5) is 11.5 Å². The molecule has 0 aliphatic heterocycles. The number of carbonyl (C=O) groups is 3. The number of benzene rings is 2. The van der Waals surface area contributed by atoms with Gasteiger partial charge in [-0.25, -0.2) is 4.98 Å². The van der Waals surface area contributed by atoms with Crippen molar-refractivity contribution in [2.75, 3.05) is 17.2 Å². The maximum absolute atomic E-state index is 13.5. The molecule has 38 heavy (non-hydrogen) atoms. The van der Waals surface area contributed by atoms with E-state index in [0.717, 1.165) is 5.56 Å². The molecule has 1 fully saturated rings. The van der Waals surface area contributed by atoms with Crippen molar-refractivity contribution >= 4 is 52.3 Å². The predicted molar refractivity (Wildman–Crippen MR) is 148 cm³/mol. The van der Waals surface area contributed by atoms with Crippen LogP contribution >= 0.6 is 23.2 Å². The molecule has 1 aliphatic rings. The van der Waals surface area contributed by atoms with Crippen molar-refractivity contribution in [1.82, 2.24) is 4.98 Å². The van der Waals surface area contributed by atoms with Gasteiger partial charge in [0, 0.05) is 24.1 Å². The fourth-order valence-electron chi connectivity index (χ4n) is 4.11. The Labute approximate surface area is 230 Å². The zero-order valence-corrected chi connectivity index (χ0v) is 22.3. The molecule has 0 spiro atoms. The molecule has 0 radical (unpaired) electrons. The van der Waals surface area contributed by atoms with Gasteiger partial charge < -0.3 is 21.1 Å². The van der Waals surface area contributed by atoms with Gasteiger partial charge in [-0.15, -0.1) is 0 Å². The molecule has 1 unspecified atom stereocenters. The van der Waals surface area contributed by atoms with Crippen LogP contribution in [0.1, 0.15) is 64.8 Å². The lowest BCUT2D eigenvalue weighted by Crippen LogP contribution is -2.26. The quantitative estimate of drug-likeness (QED) is 0.321. The molecule has 198 valence electrons. The maximum atomic E-state index is 13.5. The van der Waals surface area contributed by atoms with Crippen LogP contribution in [0.5, 0.6) is 5.75 Å². The van der Waals surface area contributed by atoms with E-state index < -0.39 is 11.8 Å². The first-order valence-electron chi connectivity index (χ1n) is 12.3. The Morgan fingerprint density at radius 3 is 2.39 bits per heavy atom. The molecule has 3 aromatic rings. The van der Waals surface area contributed by atoms with Crippen molar-refractivity contribution in [3.05, 3.63) is 81.5 Å². The van der Waals surface area contributed by atoms with Crippen molar-refractivity contribution in [2.24, 2.45) is 5.73 Å². The zero-order valence-electron chi connectivity index (χ0n) is 20.8. The number of ether oxygens (including phenoxy) is 1. The summed E-state index contributed by atoms with van der Waals surface area (Å²) in [5.41, 5.74) is 7.52. The molecule has 4 rings (SSSR count). The number of ketones is 1. The third-order valence-corrected chi connectivity index (χ3v) is 6.86. The first-order valence-corrected chi connectivity index (χ1v) is 13.0. The van der Waals surface area contributed by atoms with E-state index in [1.165, 1.54) is 12.3 Å². The van der Waals surface area contributed by atoms with E-state index in [1.54, 1.807) is 30.3 Å². The summed E-state index contributed by atoms with van der Waals surface area (Å²) >= 11 is 12.0. The van der Waals surface area contributed by atoms with Gasteiger partial charge in [0.1, 0.15) is 17.4 Å². The third-order valence-electron chi connectivity index (χ3n) is 6.40. The van der Waals surface area contributed by atoms with Gasteiger partial charge in [-0.05, 0) is 73.3 Å². The molecule has 1 aliphatic carbocycles. The summed E-state index contributed by atoms with van der Waals surface area (Å²) in [6.07, 6.45) is 3.34. The summed E-state index contributed by atoms with van der Waals surface area (Å²) in [7, 11) is 0. The van der Waals surface area contributed by atoms with Crippen LogP contribution in [0.2, 0.25) is 10.0 Å². The molecule has 2 aromatic carbocycles. The number of nitrogens with two attached hydrogens (primary N) is 1. The Balaban J connectivity index is 1.60. The zero-order chi connectivity index (χ0) is 27.2. The van der Waals surface area contributed by atoms with Crippen LogP contribution in [0.15, 0.2) is 54.7 Å². The number of Topliss-reactive ketones (excluding diaryl/α,β-unsaturated/α-hetero) is 1. The first kappa shape index (κ1) is 27.6. The van der Waals surface area contributed by atoms with Gasteiger partial charge >= 0.3 is 0 Å². The number of nitrogens with one attached hydrogen (secondary N) is 2. The average molecular weight is 555 g/mol. The van der Waals surface area contributed by atoms with Crippen LogP contribution in [0.25, 0.3) is 0 Å². The topological polar surface area (TPSA) is 123 Å². The smallest absolute Gasteiger partial charge is 0.259 e. The molecule has 1 aromatic heterocycles. The number of halogens is 2. The SMILES string of the molecule is CC(CN)c1ccc(C(=O)Nc2ccc(Cl)cc2C(=O)Nc2ccc(Cl)cn2)c(OC2CCC(=O)CC2)c1. The fourth-order valence-corrected chi connectivity index (χ4v) is 4.40. The highest BCUT2D eigenvalue weighted by molar-refractivity contribution is 6.31.